The maximum atomic E-state index is 13.5. The van der Waals surface area contributed by atoms with Crippen molar-refractivity contribution in [1.29, 1.82) is 0 Å². The molecule has 176 valence electrons. The van der Waals surface area contributed by atoms with Gasteiger partial charge in [-0.25, -0.2) is 0 Å². The fourth-order valence-corrected chi connectivity index (χ4v) is 4.28. The Kier molecular flexibility index (Phi) is 6.77. The lowest BCUT2D eigenvalue weighted by molar-refractivity contribution is -0.132. The summed E-state index contributed by atoms with van der Waals surface area (Å²) in [5, 5.41) is 0.884. The second kappa shape index (κ2) is 10.4. The van der Waals surface area contributed by atoms with Crippen LogP contribution in [-0.2, 0) is 22.7 Å². The first-order valence-electron chi connectivity index (χ1n) is 11.6. The molecule has 0 spiro atoms. The highest BCUT2D eigenvalue weighted by atomic mass is 16.5. The van der Waals surface area contributed by atoms with Gasteiger partial charge in [0, 0.05) is 49.2 Å². The summed E-state index contributed by atoms with van der Waals surface area (Å²) in [7, 11) is 0. The van der Waals surface area contributed by atoms with E-state index in [0.717, 1.165) is 22.0 Å². The summed E-state index contributed by atoms with van der Waals surface area (Å²) in [6, 6.07) is 22.9. The van der Waals surface area contributed by atoms with Crippen LogP contribution < -0.4 is 0 Å². The Morgan fingerprint density at radius 3 is 2.60 bits per heavy atom. The van der Waals surface area contributed by atoms with Gasteiger partial charge in [-0.05, 0) is 41.5 Å². The van der Waals surface area contributed by atoms with Crippen LogP contribution in [0.5, 0.6) is 0 Å². The molecule has 7 heteroatoms. The molecular formula is C28H26N4O3. The highest BCUT2D eigenvalue weighted by Crippen LogP contribution is 2.19. The fraction of sp³-hybridized carbons (Fsp3) is 0.214. The molecule has 0 radical (unpaired) electrons. The van der Waals surface area contributed by atoms with Crippen LogP contribution >= 0.6 is 0 Å². The van der Waals surface area contributed by atoms with Gasteiger partial charge in [0.15, 0.2) is 0 Å². The summed E-state index contributed by atoms with van der Waals surface area (Å²) in [6.07, 6.45) is 4.87. The Hall–Kier alpha value is -4.10. The van der Waals surface area contributed by atoms with Crippen molar-refractivity contribution in [3.8, 4) is 0 Å². The summed E-state index contributed by atoms with van der Waals surface area (Å²) < 4.78 is 6.21. The van der Waals surface area contributed by atoms with Crippen molar-refractivity contribution in [3.05, 3.63) is 108 Å². The van der Waals surface area contributed by atoms with Crippen molar-refractivity contribution in [1.82, 2.24) is 19.8 Å². The normalized spacial score (nSPS) is 16.3. The Morgan fingerprint density at radius 1 is 0.943 bits per heavy atom. The molecule has 4 aromatic rings. The van der Waals surface area contributed by atoms with Gasteiger partial charge in [0.05, 0.1) is 18.2 Å². The van der Waals surface area contributed by atoms with E-state index in [1.54, 1.807) is 34.5 Å². The maximum Gasteiger partial charge on any atom is 0.254 e. The zero-order chi connectivity index (χ0) is 24.0. The molecule has 2 aromatic heterocycles. The number of nitrogens with zero attached hydrogens (tertiary/aromatic N) is 4. The largest absolute Gasteiger partial charge is 0.370 e. The van der Waals surface area contributed by atoms with Gasteiger partial charge in [0.1, 0.15) is 6.54 Å². The topological polar surface area (TPSA) is 75.6 Å². The van der Waals surface area contributed by atoms with E-state index in [0.29, 0.717) is 31.8 Å². The number of pyridine rings is 2. The van der Waals surface area contributed by atoms with Gasteiger partial charge in [-0.1, -0.05) is 42.5 Å². The molecule has 2 amide bonds. The fourth-order valence-electron chi connectivity index (χ4n) is 4.28. The number of amides is 2. The van der Waals surface area contributed by atoms with E-state index < -0.39 is 0 Å². The lowest BCUT2D eigenvalue weighted by Crippen LogP contribution is -2.39. The number of carbonyl (C=O) groups is 2. The van der Waals surface area contributed by atoms with Crippen LogP contribution in [0.4, 0.5) is 0 Å². The summed E-state index contributed by atoms with van der Waals surface area (Å²) in [4.78, 5) is 38.6. The van der Waals surface area contributed by atoms with Gasteiger partial charge in [-0.3, -0.25) is 19.6 Å². The molecule has 0 aliphatic carbocycles. The molecule has 7 nitrogen and oxygen atoms in total. The molecule has 0 unspecified atom stereocenters. The number of carbonyl (C=O) groups excluding carboxylic acids is 2. The highest BCUT2D eigenvalue weighted by Gasteiger charge is 2.31. The summed E-state index contributed by atoms with van der Waals surface area (Å²) in [6.45, 7) is 1.55. The first-order valence-corrected chi connectivity index (χ1v) is 11.6. The van der Waals surface area contributed by atoms with E-state index in [-0.39, 0.29) is 24.5 Å². The maximum absolute atomic E-state index is 13.5. The first kappa shape index (κ1) is 22.7. The molecule has 0 saturated carbocycles. The number of aromatic nitrogens is 2. The Morgan fingerprint density at radius 2 is 1.77 bits per heavy atom. The summed E-state index contributed by atoms with van der Waals surface area (Å²) >= 11 is 0. The van der Waals surface area contributed by atoms with Crippen molar-refractivity contribution in [2.24, 2.45) is 0 Å². The highest BCUT2D eigenvalue weighted by molar-refractivity contribution is 5.99. The second-order valence-corrected chi connectivity index (χ2v) is 8.65. The third-order valence-electron chi connectivity index (χ3n) is 6.09. The summed E-state index contributed by atoms with van der Waals surface area (Å²) in [5.41, 5.74) is 3.33. The van der Waals surface area contributed by atoms with Crippen LogP contribution in [0.15, 0.2) is 91.4 Å². The molecule has 5 rings (SSSR count). The van der Waals surface area contributed by atoms with Crippen LogP contribution in [0.25, 0.3) is 10.9 Å². The minimum Gasteiger partial charge on any atom is -0.370 e. The quantitative estimate of drug-likeness (QED) is 0.433. The SMILES string of the molecule is O=C1CN(C(=O)c2ccc3ncccc3c2)C[C@@H](OCc2cccnc2)CN1Cc1ccccc1. The standard InChI is InChI=1S/C28H26N4O3/c33-27-19-32(28(34)24-10-11-26-23(14-24)9-5-13-30-26)18-25(35-20-22-8-4-12-29-15-22)17-31(27)16-21-6-2-1-3-7-21/h1-15,25H,16-20H2/t25-/m0/s1. The predicted molar refractivity (Wildman–Crippen MR) is 132 cm³/mol. The van der Waals surface area contributed by atoms with Gasteiger partial charge in [-0.2, -0.15) is 0 Å². The monoisotopic (exact) mass is 466 g/mol. The van der Waals surface area contributed by atoms with Crippen LogP contribution in [0.1, 0.15) is 21.5 Å². The Bertz CT molecular complexity index is 1310. The van der Waals surface area contributed by atoms with Crippen molar-refractivity contribution < 1.29 is 14.3 Å². The van der Waals surface area contributed by atoms with Crippen LogP contribution in [-0.4, -0.2) is 57.3 Å². The molecular weight excluding hydrogens is 440 g/mol. The second-order valence-electron chi connectivity index (χ2n) is 8.65. The minimum atomic E-state index is -0.337. The Labute approximate surface area is 204 Å². The van der Waals surface area contributed by atoms with E-state index in [4.69, 9.17) is 4.74 Å². The van der Waals surface area contributed by atoms with Crippen LogP contribution in [0.2, 0.25) is 0 Å². The third kappa shape index (κ3) is 5.53. The lowest BCUT2D eigenvalue weighted by Gasteiger charge is -2.25. The molecule has 2 aromatic carbocycles. The average Bonchev–Trinajstić information content (AvgIpc) is 3.06. The van der Waals surface area contributed by atoms with E-state index >= 15 is 0 Å². The van der Waals surface area contributed by atoms with Crippen molar-refractivity contribution in [3.63, 3.8) is 0 Å². The van der Waals surface area contributed by atoms with Crippen molar-refractivity contribution in [2.45, 2.75) is 19.3 Å². The zero-order valence-electron chi connectivity index (χ0n) is 19.3. The van der Waals surface area contributed by atoms with Gasteiger partial charge in [0.25, 0.3) is 5.91 Å². The van der Waals surface area contributed by atoms with Crippen LogP contribution in [0, 0.1) is 0 Å². The molecule has 1 saturated heterocycles. The molecule has 35 heavy (non-hydrogen) atoms. The molecule has 1 aliphatic heterocycles. The lowest BCUT2D eigenvalue weighted by atomic mass is 10.1. The summed E-state index contributed by atoms with van der Waals surface area (Å²) in [5.74, 6) is -0.294. The number of hydrogen-bond donors (Lipinski definition) is 0. The molecule has 0 N–H and O–H groups in total. The van der Waals surface area contributed by atoms with Crippen molar-refractivity contribution >= 4 is 22.7 Å². The van der Waals surface area contributed by atoms with E-state index in [9.17, 15) is 9.59 Å². The smallest absolute Gasteiger partial charge is 0.254 e. The molecule has 3 heterocycles. The molecule has 0 bridgehead atoms. The first-order chi connectivity index (χ1) is 17.2. The van der Waals surface area contributed by atoms with Crippen LogP contribution in [0.3, 0.4) is 0 Å². The Balaban J connectivity index is 1.38. The molecule has 1 atom stereocenters. The zero-order valence-corrected chi connectivity index (χ0v) is 19.3. The number of ether oxygens (including phenoxy) is 1. The van der Waals surface area contributed by atoms with E-state index in [2.05, 4.69) is 9.97 Å². The van der Waals surface area contributed by atoms with Gasteiger partial charge >= 0.3 is 0 Å². The van der Waals surface area contributed by atoms with Gasteiger partial charge in [0.2, 0.25) is 5.91 Å². The molecule has 1 fully saturated rings. The van der Waals surface area contributed by atoms with E-state index in [1.165, 1.54) is 0 Å². The minimum absolute atomic E-state index is 0.00347. The third-order valence-corrected chi connectivity index (χ3v) is 6.09. The molecule has 1 aliphatic rings. The van der Waals surface area contributed by atoms with Gasteiger partial charge < -0.3 is 14.5 Å². The van der Waals surface area contributed by atoms with Gasteiger partial charge in [-0.15, -0.1) is 0 Å². The number of rotatable bonds is 6. The number of benzene rings is 2. The van der Waals surface area contributed by atoms with Crippen molar-refractivity contribution in [2.75, 3.05) is 19.6 Å². The number of fused-ring (bicyclic) bond motifs is 1. The predicted octanol–water partition coefficient (Wildman–Crippen LogP) is 3.70. The average molecular weight is 467 g/mol. The van der Waals surface area contributed by atoms with E-state index in [1.807, 2.05) is 66.7 Å². The number of hydrogen-bond acceptors (Lipinski definition) is 5.